The molecule has 0 atom stereocenters. The van der Waals surface area contributed by atoms with E-state index in [1.807, 2.05) is 29.6 Å². The molecule has 4 rings (SSSR count). The Kier molecular flexibility index (Phi) is 5.97. The van der Waals surface area contributed by atoms with Crippen molar-refractivity contribution in [1.29, 1.82) is 0 Å². The summed E-state index contributed by atoms with van der Waals surface area (Å²) < 4.78 is 5.62. The van der Waals surface area contributed by atoms with Gasteiger partial charge in [0, 0.05) is 10.9 Å². The molecule has 1 amide bonds. The molecule has 0 saturated carbocycles. The highest BCUT2D eigenvalue weighted by molar-refractivity contribution is 7.99. The summed E-state index contributed by atoms with van der Waals surface area (Å²) in [6, 6.07) is 16.0. The number of hydrogen-bond donors (Lipinski definition) is 1. The molecule has 5 nitrogen and oxygen atoms in total. The summed E-state index contributed by atoms with van der Waals surface area (Å²) in [7, 11) is 0. The molecule has 2 aromatic carbocycles. The van der Waals surface area contributed by atoms with Crippen molar-refractivity contribution in [2.45, 2.75) is 25.5 Å². The van der Waals surface area contributed by atoms with E-state index in [-0.39, 0.29) is 11.7 Å². The number of nitrogens with zero attached hydrogens (tertiary/aromatic N) is 2. The zero-order valence-corrected chi connectivity index (χ0v) is 17.8. The number of rotatable bonds is 7. The Hall–Kier alpha value is -2.64. The second-order valence-electron chi connectivity index (χ2n) is 7.12. The van der Waals surface area contributed by atoms with Crippen molar-refractivity contribution in [3.63, 3.8) is 0 Å². The lowest BCUT2D eigenvalue weighted by Gasteiger charge is -2.05. The Labute approximate surface area is 177 Å². The van der Waals surface area contributed by atoms with Gasteiger partial charge < -0.3 is 9.73 Å². The third-order valence-electron chi connectivity index (χ3n) is 4.25. The molecule has 29 heavy (non-hydrogen) atoms. The highest BCUT2D eigenvalue weighted by Crippen LogP contribution is 2.27. The lowest BCUT2D eigenvalue weighted by Crippen LogP contribution is -2.13. The quantitative estimate of drug-likeness (QED) is 0.376. The summed E-state index contributed by atoms with van der Waals surface area (Å²) >= 11 is 2.69. The third-order valence-corrected chi connectivity index (χ3v) is 5.83. The zero-order valence-electron chi connectivity index (χ0n) is 16.2. The number of benzene rings is 2. The molecule has 0 spiro atoms. The standard InChI is InChI=1S/C22H21N3O2S2/c1-14(2)11-15-7-9-16(10-8-15)18-12-28-21(23-18)25-20(26)13-29-22-24-17-5-3-4-6-19(17)27-22/h3-10,12,14H,11,13H2,1-2H3,(H,23,25,26). The van der Waals surface area contributed by atoms with Crippen molar-refractivity contribution >= 4 is 45.2 Å². The van der Waals surface area contributed by atoms with Gasteiger partial charge in [0.2, 0.25) is 5.91 Å². The smallest absolute Gasteiger partial charge is 0.257 e. The van der Waals surface area contributed by atoms with Crippen LogP contribution in [0, 0.1) is 5.92 Å². The van der Waals surface area contributed by atoms with Crippen LogP contribution in [0.2, 0.25) is 0 Å². The first kappa shape index (κ1) is 19.7. The highest BCUT2D eigenvalue weighted by atomic mass is 32.2. The number of carbonyl (C=O) groups excluding carboxylic acids is 1. The van der Waals surface area contributed by atoms with Gasteiger partial charge in [0.15, 0.2) is 10.7 Å². The normalized spacial score (nSPS) is 11.3. The fourth-order valence-corrected chi connectivity index (χ4v) is 4.32. The number of thioether (sulfide) groups is 1. The van der Waals surface area contributed by atoms with Crippen LogP contribution in [-0.2, 0) is 11.2 Å². The maximum Gasteiger partial charge on any atom is 0.257 e. The molecule has 148 valence electrons. The predicted molar refractivity (Wildman–Crippen MR) is 119 cm³/mol. The topological polar surface area (TPSA) is 68.0 Å². The van der Waals surface area contributed by atoms with E-state index in [1.165, 1.54) is 28.7 Å². The average molecular weight is 424 g/mol. The molecule has 0 unspecified atom stereocenters. The summed E-state index contributed by atoms with van der Waals surface area (Å²) in [5.74, 6) is 0.714. The van der Waals surface area contributed by atoms with Crippen LogP contribution in [0.15, 0.2) is 63.6 Å². The average Bonchev–Trinajstić information content (AvgIpc) is 3.33. The molecular formula is C22H21N3O2S2. The summed E-state index contributed by atoms with van der Waals surface area (Å²) in [5, 5.41) is 5.89. The van der Waals surface area contributed by atoms with E-state index >= 15 is 0 Å². The monoisotopic (exact) mass is 423 g/mol. The molecule has 2 aromatic heterocycles. The summed E-state index contributed by atoms with van der Waals surface area (Å²) in [6.45, 7) is 4.43. The Morgan fingerprint density at radius 1 is 1.14 bits per heavy atom. The number of oxazole rings is 1. The third kappa shape index (κ3) is 5.05. The first-order chi connectivity index (χ1) is 14.1. The maximum absolute atomic E-state index is 12.3. The van der Waals surface area contributed by atoms with E-state index in [4.69, 9.17) is 4.42 Å². The van der Waals surface area contributed by atoms with Crippen LogP contribution in [-0.4, -0.2) is 21.6 Å². The van der Waals surface area contributed by atoms with Crippen LogP contribution in [0.4, 0.5) is 5.13 Å². The number of thiazole rings is 1. The number of hydrogen-bond acceptors (Lipinski definition) is 6. The maximum atomic E-state index is 12.3. The van der Waals surface area contributed by atoms with Crippen LogP contribution >= 0.6 is 23.1 Å². The van der Waals surface area contributed by atoms with Gasteiger partial charge in [-0.15, -0.1) is 11.3 Å². The molecule has 0 aliphatic carbocycles. The van der Waals surface area contributed by atoms with E-state index in [0.717, 1.165) is 28.8 Å². The van der Waals surface area contributed by atoms with Crippen molar-refractivity contribution in [1.82, 2.24) is 9.97 Å². The van der Waals surface area contributed by atoms with Crippen LogP contribution in [0.3, 0.4) is 0 Å². The minimum atomic E-state index is -0.134. The molecule has 0 fully saturated rings. The summed E-state index contributed by atoms with van der Waals surface area (Å²) in [5.41, 5.74) is 4.76. The van der Waals surface area contributed by atoms with Gasteiger partial charge in [0.25, 0.3) is 5.22 Å². The number of anilines is 1. The molecule has 0 radical (unpaired) electrons. The van der Waals surface area contributed by atoms with Crippen molar-refractivity contribution in [2.75, 3.05) is 11.1 Å². The van der Waals surface area contributed by atoms with E-state index in [9.17, 15) is 4.79 Å². The van der Waals surface area contributed by atoms with Gasteiger partial charge in [-0.3, -0.25) is 4.79 Å². The molecule has 0 saturated heterocycles. The minimum Gasteiger partial charge on any atom is -0.431 e. The number of aromatic nitrogens is 2. The van der Waals surface area contributed by atoms with Crippen LogP contribution in [0.5, 0.6) is 0 Å². The largest absolute Gasteiger partial charge is 0.431 e. The first-order valence-electron chi connectivity index (χ1n) is 9.40. The molecule has 0 bridgehead atoms. The van der Waals surface area contributed by atoms with E-state index < -0.39 is 0 Å². The molecule has 0 aliphatic heterocycles. The highest BCUT2D eigenvalue weighted by Gasteiger charge is 2.12. The number of para-hydroxylation sites is 2. The summed E-state index contributed by atoms with van der Waals surface area (Å²) in [4.78, 5) is 21.2. The van der Waals surface area contributed by atoms with Crippen LogP contribution in [0.1, 0.15) is 19.4 Å². The van der Waals surface area contributed by atoms with Crippen molar-refractivity contribution in [3.8, 4) is 11.3 Å². The first-order valence-corrected chi connectivity index (χ1v) is 11.3. The Morgan fingerprint density at radius 2 is 1.93 bits per heavy atom. The number of amides is 1. The minimum absolute atomic E-state index is 0.134. The number of fused-ring (bicyclic) bond motifs is 1. The molecule has 4 aromatic rings. The van der Waals surface area contributed by atoms with Crippen molar-refractivity contribution < 1.29 is 9.21 Å². The molecular weight excluding hydrogens is 402 g/mol. The molecule has 0 aliphatic rings. The van der Waals surface area contributed by atoms with Gasteiger partial charge >= 0.3 is 0 Å². The second kappa shape index (κ2) is 8.80. The fraction of sp³-hybridized carbons (Fsp3) is 0.227. The Balaban J connectivity index is 1.34. The van der Waals surface area contributed by atoms with E-state index in [2.05, 4.69) is 53.4 Å². The predicted octanol–water partition coefficient (Wildman–Crippen LogP) is 5.88. The molecule has 2 heterocycles. The van der Waals surface area contributed by atoms with Gasteiger partial charge in [-0.05, 0) is 30.0 Å². The number of nitrogens with one attached hydrogen (secondary N) is 1. The summed E-state index contributed by atoms with van der Waals surface area (Å²) in [6.07, 6.45) is 1.07. The van der Waals surface area contributed by atoms with E-state index in [1.54, 1.807) is 0 Å². The van der Waals surface area contributed by atoms with Gasteiger partial charge in [-0.25, -0.2) is 9.97 Å². The second-order valence-corrected chi connectivity index (χ2v) is 8.90. The zero-order chi connectivity index (χ0) is 20.2. The fourth-order valence-electron chi connectivity index (χ4n) is 2.94. The van der Waals surface area contributed by atoms with Crippen LogP contribution < -0.4 is 5.32 Å². The Bertz CT molecular complexity index is 1080. The van der Waals surface area contributed by atoms with Gasteiger partial charge in [0.05, 0.1) is 11.4 Å². The lowest BCUT2D eigenvalue weighted by atomic mass is 10.0. The van der Waals surface area contributed by atoms with Gasteiger partial charge in [-0.2, -0.15) is 0 Å². The van der Waals surface area contributed by atoms with Crippen molar-refractivity contribution in [2.24, 2.45) is 5.92 Å². The van der Waals surface area contributed by atoms with Gasteiger partial charge in [0.1, 0.15) is 5.52 Å². The van der Waals surface area contributed by atoms with E-state index in [0.29, 0.717) is 16.3 Å². The van der Waals surface area contributed by atoms with Gasteiger partial charge in [-0.1, -0.05) is 62.0 Å². The van der Waals surface area contributed by atoms with Crippen molar-refractivity contribution in [3.05, 3.63) is 59.5 Å². The molecule has 1 N–H and O–H groups in total. The SMILES string of the molecule is CC(C)Cc1ccc(-c2csc(NC(=O)CSc3nc4ccccc4o3)n2)cc1. The Morgan fingerprint density at radius 3 is 2.69 bits per heavy atom. The van der Waals surface area contributed by atoms with Crippen LogP contribution in [0.25, 0.3) is 22.4 Å². The molecule has 7 heteroatoms. The number of carbonyl (C=O) groups is 1. The lowest BCUT2D eigenvalue weighted by molar-refractivity contribution is -0.113.